The number of carbonyl (C=O) groups excluding carboxylic acids is 1. The number of hydrogen-bond acceptors (Lipinski definition) is 4. The van der Waals surface area contributed by atoms with Crippen LogP contribution in [-0.2, 0) is 6.54 Å². The van der Waals surface area contributed by atoms with Crippen molar-refractivity contribution in [1.82, 2.24) is 19.7 Å². The molecule has 0 radical (unpaired) electrons. The molecule has 1 heterocycles. The lowest BCUT2D eigenvalue weighted by Crippen LogP contribution is -2.30. The normalized spacial score (nSPS) is 10.5. The van der Waals surface area contributed by atoms with Crippen molar-refractivity contribution in [2.24, 2.45) is 0 Å². The molecule has 0 bridgehead atoms. The molecule has 134 valence electrons. The molecule has 0 saturated carbocycles. The molecule has 0 atom stereocenters. The zero-order chi connectivity index (χ0) is 18.4. The number of benzene rings is 2. The van der Waals surface area contributed by atoms with Crippen molar-refractivity contribution < 1.29 is 9.53 Å². The standard InChI is InChI=1S/C20H22N4O2/c1-16-5-3-4-6-19(16)26-12-11-23(2)20(25)18-9-7-17(8-10-18)13-24-15-21-14-22-24/h3-10,14-15H,11-13H2,1-2H3. The second-order valence-corrected chi connectivity index (χ2v) is 6.13. The fraction of sp³-hybridized carbons (Fsp3) is 0.250. The molecule has 0 fully saturated rings. The van der Waals surface area contributed by atoms with E-state index < -0.39 is 0 Å². The number of hydrogen-bond donors (Lipinski definition) is 0. The number of likely N-dealkylation sites (N-methyl/N-ethyl adjacent to an activating group) is 1. The Morgan fingerprint density at radius 2 is 1.92 bits per heavy atom. The largest absolute Gasteiger partial charge is 0.491 e. The molecular formula is C20H22N4O2. The van der Waals surface area contributed by atoms with E-state index in [-0.39, 0.29) is 5.91 Å². The lowest BCUT2D eigenvalue weighted by molar-refractivity contribution is 0.0773. The maximum Gasteiger partial charge on any atom is 0.253 e. The fourth-order valence-electron chi connectivity index (χ4n) is 2.59. The molecule has 0 aliphatic heterocycles. The topological polar surface area (TPSA) is 60.2 Å². The Morgan fingerprint density at radius 3 is 2.62 bits per heavy atom. The van der Waals surface area contributed by atoms with E-state index in [0.29, 0.717) is 25.3 Å². The lowest BCUT2D eigenvalue weighted by Gasteiger charge is -2.18. The van der Waals surface area contributed by atoms with Crippen LogP contribution in [0.25, 0.3) is 0 Å². The van der Waals surface area contributed by atoms with Crippen molar-refractivity contribution >= 4 is 5.91 Å². The first-order chi connectivity index (χ1) is 12.6. The van der Waals surface area contributed by atoms with E-state index in [1.54, 1.807) is 23.0 Å². The molecule has 6 heteroatoms. The van der Waals surface area contributed by atoms with E-state index >= 15 is 0 Å². The third kappa shape index (κ3) is 4.47. The molecule has 0 spiro atoms. The van der Waals surface area contributed by atoms with Gasteiger partial charge in [0, 0.05) is 12.6 Å². The third-order valence-electron chi connectivity index (χ3n) is 4.14. The number of para-hydroxylation sites is 1. The Labute approximate surface area is 153 Å². The van der Waals surface area contributed by atoms with Crippen LogP contribution in [0.4, 0.5) is 0 Å². The molecule has 26 heavy (non-hydrogen) atoms. The van der Waals surface area contributed by atoms with Crippen LogP contribution in [0.5, 0.6) is 5.75 Å². The van der Waals surface area contributed by atoms with Gasteiger partial charge >= 0.3 is 0 Å². The molecule has 0 N–H and O–H groups in total. The minimum atomic E-state index is -0.0225. The van der Waals surface area contributed by atoms with Crippen molar-refractivity contribution in [3.8, 4) is 5.75 Å². The number of amides is 1. The molecule has 3 rings (SSSR count). The van der Waals surface area contributed by atoms with Gasteiger partial charge in [0.2, 0.25) is 0 Å². The summed E-state index contributed by atoms with van der Waals surface area (Å²) in [5.41, 5.74) is 2.81. The third-order valence-corrected chi connectivity index (χ3v) is 4.14. The van der Waals surface area contributed by atoms with Gasteiger partial charge in [-0.05, 0) is 36.2 Å². The zero-order valence-electron chi connectivity index (χ0n) is 15.0. The summed E-state index contributed by atoms with van der Waals surface area (Å²) < 4.78 is 7.50. The van der Waals surface area contributed by atoms with Gasteiger partial charge in [-0.15, -0.1) is 0 Å². The predicted octanol–water partition coefficient (Wildman–Crippen LogP) is 2.79. The summed E-state index contributed by atoms with van der Waals surface area (Å²) >= 11 is 0. The van der Waals surface area contributed by atoms with Crippen LogP contribution >= 0.6 is 0 Å². The minimum absolute atomic E-state index is 0.0225. The second-order valence-electron chi connectivity index (χ2n) is 6.13. The first-order valence-corrected chi connectivity index (χ1v) is 8.49. The Hall–Kier alpha value is -3.15. The van der Waals surface area contributed by atoms with Crippen LogP contribution < -0.4 is 4.74 Å². The van der Waals surface area contributed by atoms with Gasteiger partial charge in [0.25, 0.3) is 5.91 Å². The highest BCUT2D eigenvalue weighted by atomic mass is 16.5. The van der Waals surface area contributed by atoms with Gasteiger partial charge < -0.3 is 9.64 Å². The SMILES string of the molecule is Cc1ccccc1OCCN(C)C(=O)c1ccc(Cn2cncn2)cc1. The molecule has 1 aromatic heterocycles. The molecule has 1 amide bonds. The molecule has 0 saturated heterocycles. The molecule has 2 aromatic carbocycles. The van der Waals surface area contributed by atoms with Crippen LogP contribution in [0, 0.1) is 6.92 Å². The minimum Gasteiger partial charge on any atom is -0.491 e. The van der Waals surface area contributed by atoms with Crippen LogP contribution in [0.3, 0.4) is 0 Å². The summed E-state index contributed by atoms with van der Waals surface area (Å²) in [5, 5.41) is 4.08. The molecule has 0 aliphatic rings. The summed E-state index contributed by atoms with van der Waals surface area (Å²) in [6.07, 6.45) is 3.17. The van der Waals surface area contributed by atoms with E-state index in [0.717, 1.165) is 16.9 Å². The number of aryl methyl sites for hydroxylation is 1. The van der Waals surface area contributed by atoms with Crippen LogP contribution in [0.15, 0.2) is 61.2 Å². The summed E-state index contributed by atoms with van der Waals surface area (Å²) in [6, 6.07) is 15.4. The van der Waals surface area contributed by atoms with Crippen molar-refractivity contribution in [3.63, 3.8) is 0 Å². The summed E-state index contributed by atoms with van der Waals surface area (Å²) in [4.78, 5) is 18.1. The monoisotopic (exact) mass is 350 g/mol. The summed E-state index contributed by atoms with van der Waals surface area (Å²) in [7, 11) is 1.78. The highest BCUT2D eigenvalue weighted by Gasteiger charge is 2.12. The van der Waals surface area contributed by atoms with Gasteiger partial charge in [-0.25, -0.2) is 9.67 Å². The fourth-order valence-corrected chi connectivity index (χ4v) is 2.59. The predicted molar refractivity (Wildman–Crippen MR) is 99.2 cm³/mol. The van der Waals surface area contributed by atoms with E-state index in [1.165, 1.54) is 6.33 Å². The molecule has 0 aliphatic carbocycles. The van der Waals surface area contributed by atoms with Gasteiger partial charge in [-0.1, -0.05) is 30.3 Å². The summed E-state index contributed by atoms with van der Waals surface area (Å²) in [5.74, 6) is 0.830. The Morgan fingerprint density at radius 1 is 1.15 bits per heavy atom. The van der Waals surface area contributed by atoms with Crippen LogP contribution in [-0.4, -0.2) is 45.8 Å². The van der Waals surface area contributed by atoms with Gasteiger partial charge in [0.1, 0.15) is 25.0 Å². The van der Waals surface area contributed by atoms with Gasteiger partial charge in [-0.3, -0.25) is 4.79 Å². The van der Waals surface area contributed by atoms with E-state index in [1.807, 2.05) is 55.5 Å². The maximum absolute atomic E-state index is 12.5. The first-order valence-electron chi connectivity index (χ1n) is 8.49. The lowest BCUT2D eigenvalue weighted by atomic mass is 10.1. The van der Waals surface area contributed by atoms with E-state index in [9.17, 15) is 4.79 Å². The highest BCUT2D eigenvalue weighted by molar-refractivity contribution is 5.94. The van der Waals surface area contributed by atoms with Crippen molar-refractivity contribution in [2.75, 3.05) is 20.2 Å². The molecule has 6 nitrogen and oxygen atoms in total. The Bertz CT molecular complexity index is 845. The van der Waals surface area contributed by atoms with E-state index in [4.69, 9.17) is 4.74 Å². The molecule has 0 unspecified atom stereocenters. The highest BCUT2D eigenvalue weighted by Crippen LogP contribution is 2.16. The van der Waals surface area contributed by atoms with Crippen LogP contribution in [0.1, 0.15) is 21.5 Å². The number of rotatable bonds is 7. The van der Waals surface area contributed by atoms with Gasteiger partial charge in [-0.2, -0.15) is 5.10 Å². The maximum atomic E-state index is 12.5. The average Bonchev–Trinajstić information content (AvgIpc) is 3.16. The Balaban J connectivity index is 1.52. The quantitative estimate of drug-likeness (QED) is 0.657. The smallest absolute Gasteiger partial charge is 0.253 e. The zero-order valence-corrected chi connectivity index (χ0v) is 15.0. The van der Waals surface area contributed by atoms with Gasteiger partial charge in [0.05, 0.1) is 13.1 Å². The average molecular weight is 350 g/mol. The summed E-state index contributed by atoms with van der Waals surface area (Å²) in [6.45, 7) is 3.62. The van der Waals surface area contributed by atoms with Crippen LogP contribution in [0.2, 0.25) is 0 Å². The number of carbonyl (C=O) groups is 1. The van der Waals surface area contributed by atoms with Gasteiger partial charge in [0.15, 0.2) is 0 Å². The Kier molecular flexibility index (Phi) is 5.63. The van der Waals surface area contributed by atoms with Crippen molar-refractivity contribution in [3.05, 3.63) is 77.9 Å². The first kappa shape index (κ1) is 17.7. The van der Waals surface area contributed by atoms with Crippen molar-refractivity contribution in [1.29, 1.82) is 0 Å². The number of nitrogens with zero attached hydrogens (tertiary/aromatic N) is 4. The van der Waals surface area contributed by atoms with E-state index in [2.05, 4.69) is 10.1 Å². The molecular weight excluding hydrogens is 328 g/mol. The second kappa shape index (κ2) is 8.29. The number of ether oxygens (including phenoxy) is 1. The van der Waals surface area contributed by atoms with Crippen molar-refractivity contribution in [2.45, 2.75) is 13.5 Å². The number of aromatic nitrogens is 3. The molecule has 3 aromatic rings.